The first-order chi connectivity index (χ1) is 9.17. The van der Waals surface area contributed by atoms with Crippen LogP contribution in [0.3, 0.4) is 0 Å². The van der Waals surface area contributed by atoms with Crippen LogP contribution in [-0.2, 0) is 4.79 Å². The number of ether oxygens (including phenoxy) is 1. The van der Waals surface area contributed by atoms with Crippen molar-refractivity contribution in [1.29, 1.82) is 0 Å². The Balaban J connectivity index is 2.40. The third-order valence-electron chi connectivity index (χ3n) is 3.72. The predicted molar refractivity (Wildman–Crippen MR) is 78.6 cm³/mol. The summed E-state index contributed by atoms with van der Waals surface area (Å²) >= 11 is 6.10. The van der Waals surface area contributed by atoms with Gasteiger partial charge in [-0.25, -0.2) is 0 Å². The number of carbonyl (C=O) groups is 1. The smallest absolute Gasteiger partial charge is 0.176 e. The molecule has 0 aliphatic heterocycles. The van der Waals surface area contributed by atoms with E-state index in [1.807, 2.05) is 30.3 Å². The van der Waals surface area contributed by atoms with Gasteiger partial charge in [0.15, 0.2) is 5.78 Å². The fourth-order valence-corrected chi connectivity index (χ4v) is 2.83. The zero-order chi connectivity index (χ0) is 13.8. The molecule has 2 atom stereocenters. The number of para-hydroxylation sites is 1. The number of rotatable bonds is 3. The summed E-state index contributed by atoms with van der Waals surface area (Å²) in [6.45, 7) is 2.11. The first kappa shape index (κ1) is 14.1. The topological polar surface area (TPSA) is 26.3 Å². The number of ketones is 1. The van der Waals surface area contributed by atoms with E-state index in [1.165, 1.54) is 0 Å². The van der Waals surface area contributed by atoms with Gasteiger partial charge < -0.3 is 4.74 Å². The first-order valence-electron chi connectivity index (χ1n) is 6.70. The molecule has 0 aromatic heterocycles. The largest absolute Gasteiger partial charge is 0.496 e. The highest BCUT2D eigenvalue weighted by Gasteiger charge is 2.31. The zero-order valence-electron chi connectivity index (χ0n) is 11.4. The van der Waals surface area contributed by atoms with E-state index in [9.17, 15) is 4.79 Å². The standard InChI is InChI=1S/C16H19ClO2/c1-3-11-8-9-14(17)16(18)13(11)10-12-6-4-5-7-15(12)19-2/h4-7,10-11,14H,3,8-9H2,1-2H3. The molecule has 0 amide bonds. The molecular weight excluding hydrogens is 260 g/mol. The molecule has 0 N–H and O–H groups in total. The third-order valence-corrected chi connectivity index (χ3v) is 4.14. The molecule has 1 aliphatic rings. The van der Waals surface area contributed by atoms with E-state index < -0.39 is 0 Å². The van der Waals surface area contributed by atoms with Crippen molar-refractivity contribution in [3.8, 4) is 5.75 Å². The third kappa shape index (κ3) is 3.01. The van der Waals surface area contributed by atoms with E-state index in [2.05, 4.69) is 6.92 Å². The van der Waals surface area contributed by atoms with Crippen LogP contribution in [0.4, 0.5) is 0 Å². The minimum Gasteiger partial charge on any atom is -0.496 e. The maximum atomic E-state index is 12.3. The van der Waals surface area contributed by atoms with E-state index in [1.54, 1.807) is 7.11 Å². The minimum absolute atomic E-state index is 0.0747. The summed E-state index contributed by atoms with van der Waals surface area (Å²) in [5.74, 6) is 1.17. The van der Waals surface area contributed by atoms with Gasteiger partial charge in [0.2, 0.25) is 0 Å². The van der Waals surface area contributed by atoms with Gasteiger partial charge in [0, 0.05) is 11.1 Å². The number of hydrogen-bond acceptors (Lipinski definition) is 2. The summed E-state index contributed by atoms with van der Waals surface area (Å²) in [5.41, 5.74) is 1.79. The molecule has 1 saturated carbocycles. The molecule has 1 fully saturated rings. The number of hydrogen-bond donors (Lipinski definition) is 0. The summed E-state index contributed by atoms with van der Waals surface area (Å²) in [7, 11) is 1.64. The van der Waals surface area contributed by atoms with Crippen LogP contribution in [0.15, 0.2) is 29.8 Å². The molecule has 2 rings (SSSR count). The van der Waals surface area contributed by atoms with E-state index in [-0.39, 0.29) is 11.2 Å². The number of alkyl halides is 1. The first-order valence-corrected chi connectivity index (χ1v) is 7.14. The quantitative estimate of drug-likeness (QED) is 0.615. The Labute approximate surface area is 119 Å². The molecule has 0 spiro atoms. The summed E-state index contributed by atoms with van der Waals surface area (Å²) < 4.78 is 5.33. The van der Waals surface area contributed by atoms with E-state index in [0.29, 0.717) is 5.92 Å². The van der Waals surface area contributed by atoms with E-state index in [0.717, 1.165) is 36.1 Å². The number of benzene rings is 1. The zero-order valence-corrected chi connectivity index (χ0v) is 12.1. The van der Waals surface area contributed by atoms with Gasteiger partial charge in [-0.15, -0.1) is 11.6 Å². The van der Waals surface area contributed by atoms with Gasteiger partial charge in [-0.05, 0) is 37.3 Å². The lowest BCUT2D eigenvalue weighted by molar-refractivity contribution is -0.116. The molecule has 19 heavy (non-hydrogen) atoms. The lowest BCUT2D eigenvalue weighted by atomic mass is 9.80. The van der Waals surface area contributed by atoms with Crippen LogP contribution < -0.4 is 4.74 Å². The molecule has 2 unspecified atom stereocenters. The molecule has 0 bridgehead atoms. The van der Waals surface area contributed by atoms with Gasteiger partial charge in [-0.2, -0.15) is 0 Å². The molecule has 0 saturated heterocycles. The number of allylic oxidation sites excluding steroid dienone is 1. The van der Waals surface area contributed by atoms with Gasteiger partial charge in [0.05, 0.1) is 12.5 Å². The number of Topliss-reactive ketones (excluding diaryl/α,β-unsaturated/α-hetero) is 1. The molecule has 2 nitrogen and oxygen atoms in total. The molecular formula is C16H19ClO2. The van der Waals surface area contributed by atoms with Gasteiger partial charge in [-0.3, -0.25) is 4.79 Å². The Morgan fingerprint density at radius 3 is 2.79 bits per heavy atom. The summed E-state index contributed by atoms with van der Waals surface area (Å²) in [6.07, 6.45) is 4.68. The molecule has 1 aliphatic carbocycles. The summed E-state index contributed by atoms with van der Waals surface area (Å²) in [5, 5.41) is -0.372. The van der Waals surface area contributed by atoms with Crippen molar-refractivity contribution in [2.45, 2.75) is 31.6 Å². The van der Waals surface area contributed by atoms with Crippen LogP contribution in [0, 0.1) is 5.92 Å². The fraction of sp³-hybridized carbons (Fsp3) is 0.438. The summed E-state index contributed by atoms with van der Waals surface area (Å²) in [6, 6.07) is 7.73. The van der Waals surface area contributed by atoms with Gasteiger partial charge >= 0.3 is 0 Å². The van der Waals surface area contributed by atoms with Crippen molar-refractivity contribution in [1.82, 2.24) is 0 Å². The lowest BCUT2D eigenvalue weighted by Gasteiger charge is -2.26. The van der Waals surface area contributed by atoms with E-state index in [4.69, 9.17) is 16.3 Å². The average molecular weight is 279 g/mol. The highest BCUT2D eigenvalue weighted by Crippen LogP contribution is 2.34. The van der Waals surface area contributed by atoms with Crippen LogP contribution in [0.25, 0.3) is 6.08 Å². The van der Waals surface area contributed by atoms with Gasteiger partial charge in [-0.1, -0.05) is 25.1 Å². The highest BCUT2D eigenvalue weighted by molar-refractivity contribution is 6.34. The second-order valence-electron chi connectivity index (χ2n) is 4.86. The van der Waals surface area contributed by atoms with Crippen LogP contribution in [0.5, 0.6) is 5.75 Å². The van der Waals surface area contributed by atoms with Crippen molar-refractivity contribution in [3.63, 3.8) is 0 Å². The molecule has 3 heteroatoms. The van der Waals surface area contributed by atoms with Crippen LogP contribution >= 0.6 is 11.6 Å². The van der Waals surface area contributed by atoms with Crippen molar-refractivity contribution >= 4 is 23.5 Å². The SMILES string of the molecule is CCC1CCC(Cl)C(=O)C1=Cc1ccccc1OC. The summed E-state index contributed by atoms with van der Waals surface area (Å²) in [4.78, 5) is 12.3. The average Bonchev–Trinajstić information content (AvgIpc) is 2.44. The van der Waals surface area contributed by atoms with E-state index >= 15 is 0 Å². The second kappa shape index (κ2) is 6.25. The Kier molecular flexibility index (Phi) is 4.65. The maximum Gasteiger partial charge on any atom is 0.176 e. The van der Waals surface area contributed by atoms with Crippen molar-refractivity contribution in [3.05, 3.63) is 35.4 Å². The Hall–Kier alpha value is -1.28. The monoisotopic (exact) mass is 278 g/mol. The van der Waals surface area contributed by atoms with Crippen LogP contribution in [0.2, 0.25) is 0 Å². The van der Waals surface area contributed by atoms with Crippen LogP contribution in [0.1, 0.15) is 31.7 Å². The molecule has 102 valence electrons. The second-order valence-corrected chi connectivity index (χ2v) is 5.38. The molecule has 1 aromatic carbocycles. The molecule has 0 radical (unpaired) electrons. The van der Waals surface area contributed by atoms with Gasteiger partial charge in [0.1, 0.15) is 5.75 Å². The molecule has 0 heterocycles. The number of methoxy groups -OCH3 is 1. The van der Waals surface area contributed by atoms with Crippen molar-refractivity contribution in [2.24, 2.45) is 5.92 Å². The highest BCUT2D eigenvalue weighted by atomic mass is 35.5. The minimum atomic E-state index is -0.372. The molecule has 1 aromatic rings. The predicted octanol–water partition coefficient (Wildman–Crippen LogP) is 4.08. The van der Waals surface area contributed by atoms with Crippen molar-refractivity contribution in [2.75, 3.05) is 7.11 Å². The lowest BCUT2D eigenvalue weighted by Crippen LogP contribution is -2.28. The maximum absolute atomic E-state index is 12.3. The Morgan fingerprint density at radius 1 is 1.37 bits per heavy atom. The van der Waals surface area contributed by atoms with Crippen molar-refractivity contribution < 1.29 is 9.53 Å². The number of carbonyl (C=O) groups excluding carboxylic acids is 1. The Morgan fingerprint density at radius 2 is 2.11 bits per heavy atom. The normalized spacial score (nSPS) is 25.6. The fourth-order valence-electron chi connectivity index (χ4n) is 2.58. The van der Waals surface area contributed by atoms with Gasteiger partial charge in [0.25, 0.3) is 0 Å². The number of halogens is 1. The van der Waals surface area contributed by atoms with Crippen LogP contribution in [-0.4, -0.2) is 18.3 Å². The Bertz CT molecular complexity index is 493.